The Labute approximate surface area is 271 Å². The van der Waals surface area contributed by atoms with E-state index < -0.39 is 59.9 Å². The zero-order valence-electron chi connectivity index (χ0n) is 24.7. The molecule has 0 spiro atoms. The van der Waals surface area contributed by atoms with Gasteiger partial charge in [0, 0.05) is 31.0 Å². The second-order valence-corrected chi connectivity index (χ2v) is 11.9. The van der Waals surface area contributed by atoms with Crippen LogP contribution < -0.4 is 10.6 Å². The molecule has 1 saturated heterocycles. The van der Waals surface area contributed by atoms with Crippen LogP contribution in [0.1, 0.15) is 52.6 Å². The van der Waals surface area contributed by atoms with Gasteiger partial charge in [-0.05, 0) is 59.2 Å². The second kappa shape index (κ2) is 13.9. The van der Waals surface area contributed by atoms with E-state index in [1.54, 1.807) is 54.6 Å². The number of rotatable bonds is 7. The van der Waals surface area contributed by atoms with Crippen LogP contribution in [0.5, 0.6) is 0 Å². The highest BCUT2D eigenvalue weighted by molar-refractivity contribution is 6.30. The average Bonchev–Trinajstić information content (AvgIpc) is 3.04. The number of benzene rings is 3. The lowest BCUT2D eigenvalue weighted by atomic mass is 9.86. The van der Waals surface area contributed by atoms with Gasteiger partial charge < -0.3 is 15.0 Å². The molecule has 0 radical (unpaired) electrons. The summed E-state index contributed by atoms with van der Waals surface area (Å²) in [6.45, 7) is 0.283. The minimum atomic E-state index is -5.24. The molecule has 2 amide bonds. The summed E-state index contributed by atoms with van der Waals surface area (Å²) in [5.41, 5.74) is 1.02. The molecule has 2 aliphatic heterocycles. The summed E-state index contributed by atoms with van der Waals surface area (Å²) in [5, 5.41) is 5.83. The summed E-state index contributed by atoms with van der Waals surface area (Å²) in [6.07, 6.45) is -10.8. The lowest BCUT2D eigenvalue weighted by Crippen LogP contribution is -2.55. The Hall–Kier alpha value is -4.10. The van der Waals surface area contributed by atoms with Crippen molar-refractivity contribution >= 4 is 29.4 Å². The van der Waals surface area contributed by atoms with Crippen LogP contribution in [0.3, 0.4) is 0 Å². The molecule has 0 bridgehead atoms. The number of alkyl halides is 6. The van der Waals surface area contributed by atoms with Crippen molar-refractivity contribution in [2.24, 2.45) is 0 Å². The van der Waals surface area contributed by atoms with Gasteiger partial charge in [-0.3, -0.25) is 14.9 Å². The highest BCUT2D eigenvalue weighted by Gasteiger charge is 2.44. The predicted molar refractivity (Wildman–Crippen MR) is 159 cm³/mol. The van der Waals surface area contributed by atoms with E-state index in [0.29, 0.717) is 21.7 Å². The maximum absolute atomic E-state index is 13.9. The van der Waals surface area contributed by atoms with Crippen LogP contribution in [-0.2, 0) is 38.1 Å². The smallest absolute Gasteiger partial charge is 0.440 e. The van der Waals surface area contributed by atoms with Gasteiger partial charge in [0.15, 0.2) is 6.23 Å². The number of piperidine rings is 1. The van der Waals surface area contributed by atoms with Crippen LogP contribution in [0.4, 0.5) is 26.3 Å². The Bertz CT molecular complexity index is 1610. The van der Waals surface area contributed by atoms with E-state index in [9.17, 15) is 40.7 Å². The number of hydrogen-bond donors (Lipinski definition) is 2. The van der Waals surface area contributed by atoms with E-state index in [2.05, 4.69) is 15.4 Å². The number of esters is 1. The van der Waals surface area contributed by atoms with Crippen LogP contribution in [-0.4, -0.2) is 54.2 Å². The van der Waals surface area contributed by atoms with Gasteiger partial charge in [-0.2, -0.15) is 26.3 Å². The molecule has 2 N–H and O–H groups in total. The Kier molecular flexibility index (Phi) is 10.2. The summed E-state index contributed by atoms with van der Waals surface area (Å²) < 4.78 is 84.4. The number of likely N-dealkylation sites (tertiary alicyclic amines) is 1. The molecular weight excluding hydrogens is 652 g/mol. The Morgan fingerprint density at radius 2 is 1.51 bits per heavy atom. The number of nitrogens with one attached hydrogen (secondary N) is 2. The van der Waals surface area contributed by atoms with Crippen molar-refractivity contribution in [3.05, 3.63) is 106 Å². The van der Waals surface area contributed by atoms with Gasteiger partial charge in [-0.1, -0.05) is 66.2 Å². The third-order valence-electron chi connectivity index (χ3n) is 8.35. The summed E-state index contributed by atoms with van der Waals surface area (Å²) in [5.74, 6) is -4.06. The normalized spacial score (nSPS) is 19.4. The molecule has 14 heteroatoms. The standard InChI is InChI=1S/C33H30ClF6N3O4/c34-22-11-9-19(10-12-22)17-26(30(45)43-15-13-20(14-16-43)23-6-3-4-8-25(23)32(35,36)37)41-29(44)28-24-7-2-1-5-21(24)18-27(42-28)47-31(46)33(38,39)40/h1-12,20,26-28,42H,13-18H2,(H,41,44)/t26-,27+,28?/m1/s1. The molecule has 0 aromatic heterocycles. The molecule has 7 nitrogen and oxygen atoms in total. The molecule has 2 heterocycles. The Morgan fingerprint density at radius 1 is 0.894 bits per heavy atom. The highest BCUT2D eigenvalue weighted by Crippen LogP contribution is 2.39. The summed E-state index contributed by atoms with van der Waals surface area (Å²) in [4.78, 5) is 40.7. The number of carbonyl (C=O) groups excluding carboxylic acids is 3. The van der Waals surface area contributed by atoms with Crippen molar-refractivity contribution in [2.75, 3.05) is 13.1 Å². The number of halogens is 7. The van der Waals surface area contributed by atoms with E-state index in [-0.39, 0.29) is 44.3 Å². The number of hydrogen-bond acceptors (Lipinski definition) is 5. The Morgan fingerprint density at radius 3 is 2.15 bits per heavy atom. The summed E-state index contributed by atoms with van der Waals surface area (Å²) in [7, 11) is 0. The third kappa shape index (κ3) is 8.25. The molecule has 3 aromatic carbocycles. The van der Waals surface area contributed by atoms with Crippen molar-refractivity contribution in [1.82, 2.24) is 15.5 Å². The summed E-state index contributed by atoms with van der Waals surface area (Å²) >= 11 is 6.02. The minimum absolute atomic E-state index is 0.0272. The third-order valence-corrected chi connectivity index (χ3v) is 8.60. The van der Waals surface area contributed by atoms with Crippen molar-refractivity contribution < 1.29 is 45.5 Å². The fourth-order valence-corrected chi connectivity index (χ4v) is 6.20. The van der Waals surface area contributed by atoms with Crippen molar-refractivity contribution in [3.63, 3.8) is 0 Å². The second-order valence-electron chi connectivity index (χ2n) is 11.5. The van der Waals surface area contributed by atoms with E-state index in [0.717, 1.165) is 6.07 Å². The molecule has 250 valence electrons. The molecule has 3 atom stereocenters. The van der Waals surface area contributed by atoms with Gasteiger partial charge in [-0.25, -0.2) is 4.79 Å². The molecule has 1 fully saturated rings. The molecule has 1 unspecified atom stereocenters. The average molecular weight is 682 g/mol. The van der Waals surface area contributed by atoms with Crippen molar-refractivity contribution in [1.29, 1.82) is 0 Å². The Balaban J connectivity index is 1.35. The maximum atomic E-state index is 13.9. The van der Waals surface area contributed by atoms with Crippen molar-refractivity contribution in [3.8, 4) is 0 Å². The van der Waals surface area contributed by atoms with Gasteiger partial charge in [0.05, 0.1) is 5.56 Å². The molecule has 3 aromatic rings. The van der Waals surface area contributed by atoms with Crippen LogP contribution in [0.2, 0.25) is 5.02 Å². The monoisotopic (exact) mass is 681 g/mol. The predicted octanol–water partition coefficient (Wildman–Crippen LogP) is 6.11. The number of carbonyl (C=O) groups is 3. The van der Waals surface area contributed by atoms with E-state index in [1.165, 1.54) is 17.0 Å². The first-order valence-electron chi connectivity index (χ1n) is 14.8. The first-order chi connectivity index (χ1) is 22.2. The van der Waals surface area contributed by atoms with E-state index in [1.807, 2.05) is 0 Å². The van der Waals surface area contributed by atoms with Gasteiger partial charge in [0.25, 0.3) is 0 Å². The SMILES string of the molecule is O=C(N[C@H](Cc1ccc(Cl)cc1)C(=O)N1CCC(c2ccccc2C(F)(F)F)CC1)C1N[C@@H](OC(=O)C(F)(F)F)Cc2ccccc21. The number of nitrogens with zero attached hydrogens (tertiary/aromatic N) is 1. The zero-order valence-corrected chi connectivity index (χ0v) is 25.5. The van der Waals surface area contributed by atoms with Crippen LogP contribution in [0, 0.1) is 0 Å². The summed E-state index contributed by atoms with van der Waals surface area (Å²) in [6, 6.07) is 16.0. The maximum Gasteiger partial charge on any atom is 0.490 e. The highest BCUT2D eigenvalue weighted by atomic mass is 35.5. The topological polar surface area (TPSA) is 87.7 Å². The molecule has 2 aliphatic rings. The van der Waals surface area contributed by atoms with Crippen LogP contribution >= 0.6 is 11.6 Å². The molecule has 0 aliphatic carbocycles. The van der Waals surface area contributed by atoms with E-state index >= 15 is 0 Å². The first kappa shape index (κ1) is 34.2. The fraction of sp³-hybridized carbons (Fsp3) is 0.364. The van der Waals surface area contributed by atoms with Gasteiger partial charge >= 0.3 is 18.3 Å². The lowest BCUT2D eigenvalue weighted by Gasteiger charge is -2.36. The zero-order chi connectivity index (χ0) is 33.9. The largest absolute Gasteiger partial charge is 0.490 e. The van der Waals surface area contributed by atoms with Crippen molar-refractivity contribution in [2.45, 2.75) is 62.3 Å². The fourth-order valence-electron chi connectivity index (χ4n) is 6.08. The number of fused-ring (bicyclic) bond motifs is 1. The lowest BCUT2D eigenvalue weighted by molar-refractivity contribution is -0.207. The molecule has 47 heavy (non-hydrogen) atoms. The first-order valence-corrected chi connectivity index (χ1v) is 15.2. The van der Waals surface area contributed by atoms with E-state index in [4.69, 9.17) is 11.6 Å². The number of ether oxygens (including phenoxy) is 1. The quantitative estimate of drug-likeness (QED) is 0.232. The van der Waals surface area contributed by atoms with Crippen LogP contribution in [0.25, 0.3) is 0 Å². The molecule has 0 saturated carbocycles. The van der Waals surface area contributed by atoms with Crippen LogP contribution in [0.15, 0.2) is 72.8 Å². The van der Waals surface area contributed by atoms with Gasteiger partial charge in [0.2, 0.25) is 11.8 Å². The minimum Gasteiger partial charge on any atom is -0.440 e. The molecule has 5 rings (SSSR count). The number of amides is 2. The molecular formula is C33H30ClF6N3O4. The van der Waals surface area contributed by atoms with Gasteiger partial charge in [0.1, 0.15) is 12.1 Å². The van der Waals surface area contributed by atoms with Gasteiger partial charge in [-0.15, -0.1) is 0 Å².